The van der Waals surface area contributed by atoms with Gasteiger partial charge in [-0.05, 0) is 55.2 Å². The molecule has 0 spiro atoms. The number of likely N-dealkylation sites (tertiary alicyclic amines) is 1. The summed E-state index contributed by atoms with van der Waals surface area (Å²) in [7, 11) is -0.864. The molecule has 7 nitrogen and oxygen atoms in total. The highest BCUT2D eigenvalue weighted by Crippen LogP contribution is 2.26. The third-order valence-electron chi connectivity index (χ3n) is 5.75. The lowest BCUT2D eigenvalue weighted by molar-refractivity contribution is -0.125. The Kier molecular flexibility index (Phi) is 7.76. The Morgan fingerprint density at radius 3 is 2.61 bits per heavy atom. The van der Waals surface area contributed by atoms with Crippen molar-refractivity contribution in [3.63, 3.8) is 0 Å². The van der Waals surface area contributed by atoms with Gasteiger partial charge in [-0.3, -0.25) is 9.59 Å². The molecule has 0 aromatic heterocycles. The van der Waals surface area contributed by atoms with Gasteiger partial charge in [-0.25, -0.2) is 17.1 Å². The number of halogens is 2. The Labute approximate surface area is 198 Å². The van der Waals surface area contributed by atoms with Crippen LogP contribution in [0.4, 0.5) is 4.39 Å². The molecule has 1 aliphatic heterocycles. The standard InChI is InChI=1S/C23H27ClFN3O4S/c1-4-20(15-10-11-18(24)19(25)14-15)26-22(29)21-9-6-12-28(21)23(30)16-7-5-8-17(13-16)33(31,32)27(2)3/h5,7-8,10-11,13-14,20-21H,4,6,9,12H2,1-3H3,(H,26,29)/t20-,21+/m0/s1. The third-order valence-corrected chi connectivity index (χ3v) is 7.86. The van der Waals surface area contributed by atoms with Gasteiger partial charge in [0.25, 0.3) is 5.91 Å². The van der Waals surface area contributed by atoms with Crippen LogP contribution in [0.15, 0.2) is 47.4 Å². The molecule has 1 saturated heterocycles. The van der Waals surface area contributed by atoms with E-state index < -0.39 is 33.8 Å². The molecule has 2 aromatic rings. The fourth-order valence-electron chi connectivity index (χ4n) is 3.87. The summed E-state index contributed by atoms with van der Waals surface area (Å²) in [6.07, 6.45) is 1.66. The van der Waals surface area contributed by atoms with Crippen molar-refractivity contribution in [2.75, 3.05) is 20.6 Å². The van der Waals surface area contributed by atoms with Crippen LogP contribution in [-0.2, 0) is 14.8 Å². The Morgan fingerprint density at radius 1 is 1.24 bits per heavy atom. The summed E-state index contributed by atoms with van der Waals surface area (Å²) in [5.41, 5.74) is 0.787. The zero-order chi connectivity index (χ0) is 24.3. The van der Waals surface area contributed by atoms with E-state index in [4.69, 9.17) is 11.6 Å². The number of sulfonamides is 1. The summed E-state index contributed by atoms with van der Waals surface area (Å²) in [5.74, 6) is -1.30. The monoisotopic (exact) mass is 495 g/mol. The van der Waals surface area contributed by atoms with E-state index in [0.29, 0.717) is 31.4 Å². The van der Waals surface area contributed by atoms with Crippen LogP contribution in [0.1, 0.15) is 48.1 Å². The third kappa shape index (κ3) is 5.37. The molecular formula is C23H27ClFN3O4S. The summed E-state index contributed by atoms with van der Waals surface area (Å²) >= 11 is 5.76. The lowest BCUT2D eigenvalue weighted by Gasteiger charge is -2.27. The maximum atomic E-state index is 13.9. The Morgan fingerprint density at radius 2 is 1.97 bits per heavy atom. The van der Waals surface area contributed by atoms with Crippen molar-refractivity contribution in [2.24, 2.45) is 0 Å². The minimum Gasteiger partial charge on any atom is -0.348 e. The van der Waals surface area contributed by atoms with Gasteiger partial charge in [-0.2, -0.15) is 0 Å². The zero-order valence-electron chi connectivity index (χ0n) is 18.7. The molecule has 0 radical (unpaired) electrons. The van der Waals surface area contributed by atoms with Crippen molar-refractivity contribution in [2.45, 2.75) is 43.2 Å². The van der Waals surface area contributed by atoms with Crippen LogP contribution >= 0.6 is 11.6 Å². The first-order chi connectivity index (χ1) is 15.6. The number of hydrogen-bond donors (Lipinski definition) is 1. The van der Waals surface area contributed by atoms with Crippen LogP contribution in [0.2, 0.25) is 5.02 Å². The van der Waals surface area contributed by atoms with Gasteiger partial charge in [-0.1, -0.05) is 30.7 Å². The normalized spacial score (nSPS) is 17.3. The lowest BCUT2D eigenvalue weighted by atomic mass is 10.0. The van der Waals surface area contributed by atoms with Gasteiger partial charge in [0.05, 0.1) is 16.0 Å². The molecule has 33 heavy (non-hydrogen) atoms. The Balaban J connectivity index is 1.79. The number of carbonyl (C=O) groups excluding carboxylic acids is 2. The van der Waals surface area contributed by atoms with Crippen molar-refractivity contribution in [3.05, 3.63) is 64.4 Å². The van der Waals surface area contributed by atoms with Gasteiger partial charge in [-0.15, -0.1) is 0 Å². The molecule has 0 aliphatic carbocycles. The molecule has 0 bridgehead atoms. The molecule has 178 valence electrons. The van der Waals surface area contributed by atoms with Gasteiger partial charge in [0.15, 0.2) is 0 Å². The highest BCUT2D eigenvalue weighted by molar-refractivity contribution is 7.89. The molecular weight excluding hydrogens is 469 g/mol. The minimum atomic E-state index is -3.70. The van der Waals surface area contributed by atoms with E-state index in [9.17, 15) is 22.4 Å². The highest BCUT2D eigenvalue weighted by Gasteiger charge is 2.35. The predicted molar refractivity (Wildman–Crippen MR) is 124 cm³/mol. The summed E-state index contributed by atoms with van der Waals surface area (Å²) in [4.78, 5) is 27.7. The minimum absolute atomic E-state index is 0.00556. The number of amides is 2. The fraction of sp³-hybridized carbons (Fsp3) is 0.391. The molecule has 1 fully saturated rings. The second kappa shape index (κ2) is 10.2. The van der Waals surface area contributed by atoms with Crippen LogP contribution < -0.4 is 5.32 Å². The van der Waals surface area contributed by atoms with Crippen molar-refractivity contribution in [1.82, 2.24) is 14.5 Å². The molecule has 1 heterocycles. The smallest absolute Gasteiger partial charge is 0.254 e. The first kappa shape index (κ1) is 25.1. The molecule has 1 N–H and O–H groups in total. The van der Waals surface area contributed by atoms with Crippen LogP contribution in [0, 0.1) is 5.82 Å². The van der Waals surface area contributed by atoms with E-state index in [-0.39, 0.29) is 21.4 Å². The summed E-state index contributed by atoms with van der Waals surface area (Å²) < 4.78 is 39.8. The van der Waals surface area contributed by atoms with E-state index in [1.54, 1.807) is 6.07 Å². The lowest BCUT2D eigenvalue weighted by Crippen LogP contribution is -2.46. The predicted octanol–water partition coefficient (Wildman–Crippen LogP) is 3.60. The van der Waals surface area contributed by atoms with Crippen molar-refractivity contribution < 1.29 is 22.4 Å². The van der Waals surface area contributed by atoms with Crippen LogP contribution in [0.3, 0.4) is 0 Å². The first-order valence-corrected chi connectivity index (χ1v) is 12.5. The van der Waals surface area contributed by atoms with Gasteiger partial charge in [0, 0.05) is 26.2 Å². The average Bonchev–Trinajstić information content (AvgIpc) is 3.28. The summed E-state index contributed by atoms with van der Waals surface area (Å²) in [6, 6.07) is 9.08. The van der Waals surface area contributed by atoms with E-state index in [1.165, 1.54) is 55.4 Å². The van der Waals surface area contributed by atoms with Gasteiger partial charge >= 0.3 is 0 Å². The van der Waals surface area contributed by atoms with Crippen molar-refractivity contribution >= 4 is 33.4 Å². The second-order valence-electron chi connectivity index (χ2n) is 8.11. The molecule has 2 amide bonds. The number of rotatable bonds is 7. The number of hydrogen-bond acceptors (Lipinski definition) is 4. The quantitative estimate of drug-likeness (QED) is 0.635. The molecule has 1 aliphatic rings. The first-order valence-electron chi connectivity index (χ1n) is 10.6. The average molecular weight is 496 g/mol. The SMILES string of the molecule is CC[C@H](NC(=O)[C@H]1CCCN1C(=O)c1cccc(S(=O)(=O)N(C)C)c1)c1ccc(Cl)c(F)c1. The van der Waals surface area contributed by atoms with Crippen LogP contribution in [0.25, 0.3) is 0 Å². The molecule has 0 unspecified atom stereocenters. The second-order valence-corrected chi connectivity index (χ2v) is 10.7. The molecule has 10 heteroatoms. The van der Waals surface area contributed by atoms with E-state index in [2.05, 4.69) is 5.32 Å². The van der Waals surface area contributed by atoms with E-state index in [1.807, 2.05) is 6.92 Å². The summed E-state index contributed by atoms with van der Waals surface area (Å²) in [6.45, 7) is 2.25. The van der Waals surface area contributed by atoms with E-state index in [0.717, 1.165) is 4.31 Å². The molecule has 2 aromatic carbocycles. The zero-order valence-corrected chi connectivity index (χ0v) is 20.3. The Bertz CT molecular complexity index is 1160. The highest BCUT2D eigenvalue weighted by atomic mass is 35.5. The largest absolute Gasteiger partial charge is 0.348 e. The van der Waals surface area contributed by atoms with Crippen molar-refractivity contribution in [1.29, 1.82) is 0 Å². The van der Waals surface area contributed by atoms with Crippen molar-refractivity contribution in [3.8, 4) is 0 Å². The number of carbonyl (C=O) groups is 2. The maximum absolute atomic E-state index is 13.9. The number of nitrogens with zero attached hydrogens (tertiary/aromatic N) is 2. The number of benzene rings is 2. The van der Waals surface area contributed by atoms with E-state index >= 15 is 0 Å². The van der Waals surface area contributed by atoms with Gasteiger partial charge in [0.1, 0.15) is 11.9 Å². The maximum Gasteiger partial charge on any atom is 0.254 e. The fourth-order valence-corrected chi connectivity index (χ4v) is 4.93. The topological polar surface area (TPSA) is 86.8 Å². The van der Waals surface area contributed by atoms with Crippen LogP contribution in [0.5, 0.6) is 0 Å². The van der Waals surface area contributed by atoms with Gasteiger partial charge < -0.3 is 10.2 Å². The Hall–Kier alpha value is -2.49. The molecule has 3 rings (SSSR count). The molecule has 2 atom stereocenters. The van der Waals surface area contributed by atoms with Gasteiger partial charge in [0.2, 0.25) is 15.9 Å². The summed E-state index contributed by atoms with van der Waals surface area (Å²) in [5, 5.41) is 2.92. The van der Waals surface area contributed by atoms with Crippen LogP contribution in [-0.4, -0.2) is 56.1 Å². The number of nitrogens with one attached hydrogen (secondary N) is 1. The molecule has 0 saturated carbocycles.